The van der Waals surface area contributed by atoms with Crippen molar-refractivity contribution < 1.29 is 14.7 Å². The van der Waals surface area contributed by atoms with Crippen molar-refractivity contribution in [3.05, 3.63) is 29.8 Å². The van der Waals surface area contributed by atoms with Gasteiger partial charge in [0.1, 0.15) is 0 Å². The molecule has 0 bridgehead atoms. The first-order valence-corrected chi connectivity index (χ1v) is 7.37. The molecule has 0 radical (unpaired) electrons. The maximum Gasteiger partial charge on any atom is 0.324 e. The van der Waals surface area contributed by atoms with Gasteiger partial charge in [0.15, 0.2) is 0 Å². The van der Waals surface area contributed by atoms with Crippen molar-refractivity contribution in [2.24, 2.45) is 5.92 Å². The summed E-state index contributed by atoms with van der Waals surface area (Å²) in [6.45, 7) is 3.01. The van der Waals surface area contributed by atoms with E-state index < -0.39 is 11.9 Å². The normalized spacial score (nSPS) is 18.4. The lowest BCUT2D eigenvalue weighted by molar-refractivity contribution is -0.143. The average molecular weight is 290 g/mol. The van der Waals surface area contributed by atoms with Crippen LogP contribution in [0.3, 0.4) is 0 Å². The van der Waals surface area contributed by atoms with E-state index in [0.717, 1.165) is 18.5 Å². The zero-order valence-electron chi connectivity index (χ0n) is 12.6. The van der Waals surface area contributed by atoms with Gasteiger partial charge in [0, 0.05) is 25.8 Å². The van der Waals surface area contributed by atoms with E-state index in [1.165, 1.54) is 5.56 Å². The third kappa shape index (κ3) is 3.54. The van der Waals surface area contributed by atoms with Crippen molar-refractivity contribution in [3.8, 4) is 0 Å². The molecule has 1 aromatic rings. The van der Waals surface area contributed by atoms with E-state index in [2.05, 4.69) is 6.92 Å². The molecular weight excluding hydrogens is 268 g/mol. The number of benzene rings is 1. The topological polar surface area (TPSA) is 60.9 Å². The first-order valence-electron chi connectivity index (χ1n) is 7.37. The number of nitrogens with zero attached hydrogens (tertiary/aromatic N) is 2. The summed E-state index contributed by atoms with van der Waals surface area (Å²) in [4.78, 5) is 26.8. The van der Waals surface area contributed by atoms with Crippen LogP contribution in [-0.4, -0.2) is 42.1 Å². The molecule has 2 amide bonds. The van der Waals surface area contributed by atoms with E-state index in [-0.39, 0.29) is 6.03 Å². The van der Waals surface area contributed by atoms with Crippen LogP contribution in [0.5, 0.6) is 0 Å². The molecule has 0 aromatic heterocycles. The second kappa shape index (κ2) is 6.61. The Bertz CT molecular complexity index is 513. The fraction of sp³-hybridized carbons (Fsp3) is 0.500. The van der Waals surface area contributed by atoms with Gasteiger partial charge in [-0.3, -0.25) is 9.69 Å². The molecule has 21 heavy (non-hydrogen) atoms. The summed E-state index contributed by atoms with van der Waals surface area (Å²) in [6.07, 6.45) is 2.35. The number of carboxylic acids is 1. The van der Waals surface area contributed by atoms with Crippen molar-refractivity contribution in [1.82, 2.24) is 4.90 Å². The standard InChI is InChI=1S/C16H22N2O3/c1-3-12-6-8-14(9-7-12)17(2)16(21)18-10-4-5-13(11-18)15(19)20/h6-9,13H,3-5,10-11H2,1-2H3,(H,19,20)/t13-/m0/s1. The number of aryl methyl sites for hydroxylation is 1. The number of amides is 2. The summed E-state index contributed by atoms with van der Waals surface area (Å²) in [6, 6.07) is 7.74. The Labute approximate surface area is 125 Å². The number of rotatable bonds is 3. The molecule has 0 spiro atoms. The predicted octanol–water partition coefficient (Wildman–Crippen LogP) is 2.60. The second-order valence-corrected chi connectivity index (χ2v) is 5.48. The lowest BCUT2D eigenvalue weighted by atomic mass is 9.98. The minimum Gasteiger partial charge on any atom is -0.481 e. The van der Waals surface area contributed by atoms with Gasteiger partial charge in [-0.1, -0.05) is 19.1 Å². The highest BCUT2D eigenvalue weighted by molar-refractivity contribution is 5.91. The molecule has 5 heteroatoms. The fourth-order valence-corrected chi connectivity index (χ4v) is 2.63. The molecule has 1 aromatic carbocycles. The van der Waals surface area contributed by atoms with Gasteiger partial charge >= 0.3 is 12.0 Å². The number of carboxylic acid groups (broad SMARTS) is 1. The highest BCUT2D eigenvalue weighted by atomic mass is 16.4. The number of piperidine rings is 1. The second-order valence-electron chi connectivity index (χ2n) is 5.48. The zero-order valence-corrected chi connectivity index (χ0v) is 12.6. The van der Waals surface area contributed by atoms with Crippen molar-refractivity contribution in [3.63, 3.8) is 0 Å². The summed E-state index contributed by atoms with van der Waals surface area (Å²) in [5, 5.41) is 9.10. The van der Waals surface area contributed by atoms with Gasteiger partial charge in [-0.15, -0.1) is 0 Å². The number of hydrogen-bond donors (Lipinski definition) is 1. The van der Waals surface area contributed by atoms with E-state index in [1.54, 1.807) is 16.8 Å². The van der Waals surface area contributed by atoms with E-state index in [0.29, 0.717) is 19.5 Å². The van der Waals surface area contributed by atoms with Gasteiger partial charge in [-0.05, 0) is 37.0 Å². The van der Waals surface area contributed by atoms with E-state index >= 15 is 0 Å². The number of carbonyl (C=O) groups excluding carboxylic acids is 1. The van der Waals surface area contributed by atoms with Crippen LogP contribution in [-0.2, 0) is 11.2 Å². The molecule has 1 N–H and O–H groups in total. The van der Waals surface area contributed by atoms with Crippen molar-refractivity contribution in [1.29, 1.82) is 0 Å². The lowest BCUT2D eigenvalue weighted by Crippen LogP contribution is -2.47. The van der Waals surface area contributed by atoms with Gasteiger partial charge < -0.3 is 10.0 Å². The number of anilines is 1. The maximum absolute atomic E-state index is 12.5. The number of likely N-dealkylation sites (tertiary alicyclic amines) is 1. The molecule has 1 aliphatic rings. The van der Waals surface area contributed by atoms with Gasteiger partial charge in [0.05, 0.1) is 5.92 Å². The molecule has 0 unspecified atom stereocenters. The summed E-state index contributed by atoms with van der Waals surface area (Å²) >= 11 is 0. The molecule has 5 nitrogen and oxygen atoms in total. The summed E-state index contributed by atoms with van der Waals surface area (Å²) in [5.41, 5.74) is 2.05. The largest absolute Gasteiger partial charge is 0.481 e. The molecule has 1 saturated heterocycles. The van der Waals surface area contributed by atoms with Crippen molar-refractivity contribution in [2.45, 2.75) is 26.2 Å². The Morgan fingerprint density at radius 2 is 2.00 bits per heavy atom. The molecule has 1 heterocycles. The third-order valence-electron chi connectivity index (χ3n) is 4.06. The highest BCUT2D eigenvalue weighted by Crippen LogP contribution is 2.21. The van der Waals surface area contributed by atoms with Crippen LogP contribution >= 0.6 is 0 Å². The molecule has 1 atom stereocenters. The lowest BCUT2D eigenvalue weighted by Gasteiger charge is -2.33. The fourth-order valence-electron chi connectivity index (χ4n) is 2.63. The monoisotopic (exact) mass is 290 g/mol. The molecule has 114 valence electrons. The van der Waals surface area contributed by atoms with Gasteiger partial charge in [-0.25, -0.2) is 4.79 Å². The van der Waals surface area contributed by atoms with E-state index in [9.17, 15) is 9.59 Å². The first-order chi connectivity index (χ1) is 10.0. The molecular formula is C16H22N2O3. The molecule has 0 saturated carbocycles. The van der Waals surface area contributed by atoms with Gasteiger partial charge in [-0.2, -0.15) is 0 Å². The highest BCUT2D eigenvalue weighted by Gasteiger charge is 2.29. The van der Waals surface area contributed by atoms with Gasteiger partial charge in [0.25, 0.3) is 0 Å². The Balaban J connectivity index is 2.05. The van der Waals surface area contributed by atoms with Gasteiger partial charge in [0.2, 0.25) is 0 Å². The minimum absolute atomic E-state index is 0.134. The Hall–Kier alpha value is -2.04. The smallest absolute Gasteiger partial charge is 0.324 e. The van der Waals surface area contributed by atoms with E-state index in [1.807, 2.05) is 24.3 Å². The van der Waals surface area contributed by atoms with Crippen LogP contribution in [0.25, 0.3) is 0 Å². The molecule has 1 aliphatic heterocycles. The molecule has 0 aliphatic carbocycles. The van der Waals surface area contributed by atoms with Crippen molar-refractivity contribution >= 4 is 17.7 Å². The summed E-state index contributed by atoms with van der Waals surface area (Å²) < 4.78 is 0. The number of hydrogen-bond acceptors (Lipinski definition) is 2. The van der Waals surface area contributed by atoms with Crippen LogP contribution in [0.15, 0.2) is 24.3 Å². The summed E-state index contributed by atoms with van der Waals surface area (Å²) in [5.74, 6) is -1.26. The maximum atomic E-state index is 12.5. The molecule has 1 fully saturated rings. The SMILES string of the molecule is CCc1ccc(N(C)C(=O)N2CCC[C@H](C(=O)O)C2)cc1. The van der Waals surface area contributed by atoms with Crippen LogP contribution in [0, 0.1) is 5.92 Å². The average Bonchev–Trinajstić information content (AvgIpc) is 2.53. The zero-order chi connectivity index (χ0) is 15.4. The van der Waals surface area contributed by atoms with E-state index in [4.69, 9.17) is 5.11 Å². The Morgan fingerprint density at radius 1 is 1.33 bits per heavy atom. The van der Waals surface area contributed by atoms with Crippen LogP contribution < -0.4 is 4.90 Å². The number of carbonyl (C=O) groups is 2. The molecule has 2 rings (SSSR count). The number of urea groups is 1. The number of aliphatic carboxylic acids is 1. The predicted molar refractivity (Wildman–Crippen MR) is 81.6 cm³/mol. The Morgan fingerprint density at radius 3 is 2.57 bits per heavy atom. The Kier molecular flexibility index (Phi) is 4.83. The van der Waals surface area contributed by atoms with Crippen LogP contribution in [0.4, 0.5) is 10.5 Å². The van der Waals surface area contributed by atoms with Crippen LogP contribution in [0.2, 0.25) is 0 Å². The minimum atomic E-state index is -0.817. The third-order valence-corrected chi connectivity index (χ3v) is 4.06. The first kappa shape index (κ1) is 15.4. The quantitative estimate of drug-likeness (QED) is 0.930. The summed E-state index contributed by atoms with van der Waals surface area (Å²) in [7, 11) is 1.73. The van der Waals surface area contributed by atoms with Crippen LogP contribution in [0.1, 0.15) is 25.3 Å². The van der Waals surface area contributed by atoms with Crippen molar-refractivity contribution in [2.75, 3.05) is 25.0 Å².